The molecule has 0 aliphatic rings. The summed E-state index contributed by atoms with van der Waals surface area (Å²) in [6.07, 6.45) is 1.09. The first-order valence-electron chi connectivity index (χ1n) is 7.17. The number of thiophene rings is 1. The zero-order valence-electron chi connectivity index (χ0n) is 12.6. The molecule has 0 aliphatic carbocycles. The maximum Gasteiger partial charge on any atom is 0.179 e. The summed E-state index contributed by atoms with van der Waals surface area (Å²) < 4.78 is 0. The summed E-state index contributed by atoms with van der Waals surface area (Å²) in [5.41, 5.74) is 2.45. The molecule has 1 atom stereocenters. The second kappa shape index (κ2) is 6.36. The van der Waals surface area contributed by atoms with E-state index in [1.807, 2.05) is 26.0 Å². The molecule has 2 aromatic rings. The van der Waals surface area contributed by atoms with E-state index >= 15 is 0 Å². The van der Waals surface area contributed by atoms with E-state index in [-0.39, 0.29) is 11.7 Å². The molecule has 0 fully saturated rings. The molecule has 1 heterocycles. The van der Waals surface area contributed by atoms with Crippen LogP contribution in [0.25, 0.3) is 0 Å². The number of rotatable bonds is 5. The van der Waals surface area contributed by atoms with E-state index in [1.165, 1.54) is 10.4 Å². The molecule has 1 aromatic heterocycles. The summed E-state index contributed by atoms with van der Waals surface area (Å²) in [5.74, 6) is 0.815. The first-order valence-corrected chi connectivity index (χ1v) is 7.98. The van der Waals surface area contributed by atoms with Gasteiger partial charge in [0, 0.05) is 10.8 Å². The smallest absolute Gasteiger partial charge is 0.179 e. The Labute approximate surface area is 125 Å². The zero-order chi connectivity index (χ0) is 14.7. The summed E-state index contributed by atoms with van der Waals surface area (Å²) >= 11 is 1.58. The minimum absolute atomic E-state index is 0.0684. The monoisotopic (exact) mass is 286 g/mol. The van der Waals surface area contributed by atoms with Crippen LogP contribution in [0.15, 0.2) is 36.4 Å². The molecule has 1 unspecified atom stereocenters. The van der Waals surface area contributed by atoms with Crippen LogP contribution >= 0.6 is 11.3 Å². The third-order valence-electron chi connectivity index (χ3n) is 3.50. The van der Waals surface area contributed by atoms with Gasteiger partial charge in [-0.25, -0.2) is 0 Å². The first kappa shape index (κ1) is 15.0. The van der Waals surface area contributed by atoms with Gasteiger partial charge in [-0.15, -0.1) is 11.3 Å². The highest BCUT2D eigenvalue weighted by molar-refractivity contribution is 7.14. The van der Waals surface area contributed by atoms with Crippen LogP contribution < -0.4 is 0 Å². The van der Waals surface area contributed by atoms with Gasteiger partial charge < -0.3 is 0 Å². The molecule has 0 spiro atoms. The number of Topliss-reactive ketones (excluding diaryl/α,β-unsaturated/α-hetero) is 1. The van der Waals surface area contributed by atoms with Crippen molar-refractivity contribution in [3.05, 3.63) is 57.3 Å². The van der Waals surface area contributed by atoms with Crippen LogP contribution in [0, 0.1) is 12.8 Å². The van der Waals surface area contributed by atoms with Crippen LogP contribution in [0.5, 0.6) is 0 Å². The van der Waals surface area contributed by atoms with Crippen LogP contribution in [-0.2, 0) is 6.42 Å². The second-order valence-corrected chi connectivity index (χ2v) is 7.12. The largest absolute Gasteiger partial charge is 0.293 e. The lowest BCUT2D eigenvalue weighted by molar-refractivity contribution is 0.0970. The number of carbonyl (C=O) groups is 1. The molecular weight excluding hydrogens is 264 g/mol. The molecule has 0 saturated carbocycles. The third kappa shape index (κ3) is 3.57. The van der Waals surface area contributed by atoms with Gasteiger partial charge in [-0.1, -0.05) is 45.0 Å². The second-order valence-electron chi connectivity index (χ2n) is 5.84. The van der Waals surface area contributed by atoms with Crippen molar-refractivity contribution in [1.82, 2.24) is 0 Å². The van der Waals surface area contributed by atoms with Crippen molar-refractivity contribution in [2.75, 3.05) is 0 Å². The molecule has 106 valence electrons. The maximum atomic E-state index is 12.4. The quantitative estimate of drug-likeness (QED) is 0.687. The molecule has 2 rings (SSSR count). The number of carbonyl (C=O) groups excluding carboxylic acids is 1. The summed E-state index contributed by atoms with van der Waals surface area (Å²) in [6.45, 7) is 8.47. The van der Waals surface area contributed by atoms with E-state index in [0.29, 0.717) is 5.92 Å². The van der Waals surface area contributed by atoms with E-state index < -0.39 is 0 Å². The lowest BCUT2D eigenvalue weighted by Crippen LogP contribution is -2.08. The van der Waals surface area contributed by atoms with Crippen molar-refractivity contribution in [3.63, 3.8) is 0 Å². The van der Waals surface area contributed by atoms with Gasteiger partial charge >= 0.3 is 0 Å². The molecule has 1 nitrogen and oxygen atoms in total. The van der Waals surface area contributed by atoms with Gasteiger partial charge in [-0.3, -0.25) is 4.79 Å². The first-order chi connectivity index (χ1) is 9.47. The summed E-state index contributed by atoms with van der Waals surface area (Å²) in [7, 11) is 0. The summed E-state index contributed by atoms with van der Waals surface area (Å²) in [4.78, 5) is 14.5. The topological polar surface area (TPSA) is 17.1 Å². The molecule has 0 amide bonds. The van der Waals surface area contributed by atoms with Gasteiger partial charge in [-0.2, -0.15) is 0 Å². The van der Waals surface area contributed by atoms with Crippen molar-refractivity contribution < 1.29 is 4.79 Å². The fourth-order valence-corrected chi connectivity index (χ4v) is 3.24. The minimum atomic E-state index is -0.0684. The standard InChI is InChI=1S/C18H22OS/c1-12(2)11-15-6-8-16(9-7-15)14(4)18(19)17-10-5-13(3)20-17/h5-10,12,14H,11H2,1-4H3. The molecule has 20 heavy (non-hydrogen) atoms. The van der Waals surface area contributed by atoms with Crippen LogP contribution in [0.4, 0.5) is 0 Å². The highest BCUT2D eigenvalue weighted by Crippen LogP contribution is 2.25. The fraction of sp³-hybridized carbons (Fsp3) is 0.389. The highest BCUT2D eigenvalue weighted by Gasteiger charge is 2.18. The Morgan fingerprint density at radius 2 is 1.70 bits per heavy atom. The SMILES string of the molecule is Cc1ccc(C(=O)C(C)c2ccc(CC(C)C)cc2)s1. The van der Waals surface area contributed by atoms with Crippen LogP contribution in [-0.4, -0.2) is 5.78 Å². The predicted octanol–water partition coefficient (Wildman–Crippen LogP) is 5.24. The normalized spacial score (nSPS) is 12.7. The van der Waals surface area contributed by atoms with E-state index in [1.54, 1.807) is 11.3 Å². The van der Waals surface area contributed by atoms with Crippen molar-refractivity contribution in [1.29, 1.82) is 0 Å². The van der Waals surface area contributed by atoms with Crippen molar-refractivity contribution in [2.45, 2.75) is 40.0 Å². The number of hydrogen-bond donors (Lipinski definition) is 0. The van der Waals surface area contributed by atoms with Gasteiger partial charge in [-0.05, 0) is 42.5 Å². The van der Waals surface area contributed by atoms with Crippen molar-refractivity contribution in [3.8, 4) is 0 Å². The number of aryl methyl sites for hydroxylation is 1. The Morgan fingerprint density at radius 1 is 1.05 bits per heavy atom. The van der Waals surface area contributed by atoms with Crippen LogP contribution in [0.2, 0.25) is 0 Å². The zero-order valence-corrected chi connectivity index (χ0v) is 13.5. The number of hydrogen-bond acceptors (Lipinski definition) is 2. The molecule has 0 bridgehead atoms. The fourth-order valence-electron chi connectivity index (χ4n) is 2.35. The molecule has 2 heteroatoms. The molecule has 1 aromatic carbocycles. The predicted molar refractivity (Wildman–Crippen MR) is 86.8 cm³/mol. The summed E-state index contributed by atoms with van der Waals surface area (Å²) in [5, 5.41) is 0. The number of benzene rings is 1. The van der Waals surface area contributed by atoms with E-state index in [9.17, 15) is 4.79 Å². The van der Waals surface area contributed by atoms with Gasteiger partial charge in [0.2, 0.25) is 0 Å². The van der Waals surface area contributed by atoms with Gasteiger partial charge in [0.25, 0.3) is 0 Å². The van der Waals surface area contributed by atoms with Gasteiger partial charge in [0.15, 0.2) is 5.78 Å². The molecule has 0 N–H and O–H groups in total. The minimum Gasteiger partial charge on any atom is -0.293 e. The van der Waals surface area contributed by atoms with E-state index in [4.69, 9.17) is 0 Å². The van der Waals surface area contributed by atoms with Crippen molar-refractivity contribution in [2.24, 2.45) is 5.92 Å². The average Bonchev–Trinajstić information content (AvgIpc) is 2.84. The van der Waals surface area contributed by atoms with Crippen LogP contribution in [0.3, 0.4) is 0 Å². The average molecular weight is 286 g/mol. The molecule has 0 saturated heterocycles. The van der Waals surface area contributed by atoms with Crippen molar-refractivity contribution >= 4 is 17.1 Å². The molecular formula is C18H22OS. The van der Waals surface area contributed by atoms with E-state index in [0.717, 1.165) is 16.9 Å². The third-order valence-corrected chi connectivity index (χ3v) is 4.52. The maximum absolute atomic E-state index is 12.4. The Hall–Kier alpha value is -1.41. The van der Waals surface area contributed by atoms with E-state index in [2.05, 4.69) is 38.1 Å². The Bertz CT molecular complexity index is 578. The Morgan fingerprint density at radius 3 is 2.20 bits per heavy atom. The molecule has 0 aliphatic heterocycles. The lowest BCUT2D eigenvalue weighted by atomic mass is 9.93. The van der Waals surface area contributed by atoms with Gasteiger partial charge in [0.05, 0.1) is 4.88 Å². The highest BCUT2D eigenvalue weighted by atomic mass is 32.1. The lowest BCUT2D eigenvalue weighted by Gasteiger charge is -2.11. The van der Waals surface area contributed by atoms with Crippen LogP contribution in [0.1, 0.15) is 52.4 Å². The Balaban J connectivity index is 2.12. The van der Waals surface area contributed by atoms with Gasteiger partial charge in [0.1, 0.15) is 0 Å². The summed E-state index contributed by atoms with van der Waals surface area (Å²) in [6, 6.07) is 12.4. The Kier molecular flexibility index (Phi) is 4.77. The number of ketones is 1. The molecule has 0 radical (unpaired) electrons.